The first-order chi connectivity index (χ1) is 9.45. The number of carboxylic acid groups (broad SMARTS) is 1. The molecule has 2 aromatic rings. The van der Waals surface area contributed by atoms with Crippen molar-refractivity contribution in [1.29, 1.82) is 0 Å². The molecule has 1 N–H and O–H groups in total. The Morgan fingerprint density at radius 3 is 2.45 bits per heavy atom. The summed E-state index contributed by atoms with van der Waals surface area (Å²) in [6.07, 6.45) is 0. The van der Waals surface area contributed by atoms with Crippen molar-refractivity contribution in [2.75, 3.05) is 0 Å². The minimum Gasteiger partial charge on any atom is -0.489 e. The van der Waals surface area contributed by atoms with Crippen LogP contribution in [0.3, 0.4) is 0 Å². The van der Waals surface area contributed by atoms with Crippen LogP contribution in [0.2, 0.25) is 0 Å². The molecule has 104 valence electrons. The summed E-state index contributed by atoms with van der Waals surface area (Å²) in [6, 6.07) is 6.20. The molecule has 20 heavy (non-hydrogen) atoms. The summed E-state index contributed by atoms with van der Waals surface area (Å²) in [4.78, 5) is 10.8. The van der Waals surface area contributed by atoms with Crippen molar-refractivity contribution in [3.8, 4) is 5.75 Å². The highest BCUT2D eigenvalue weighted by molar-refractivity contribution is 5.87. The van der Waals surface area contributed by atoms with Gasteiger partial charge < -0.3 is 9.84 Å². The fraction of sp³-hybridized carbons (Fsp3) is 0.0714. The summed E-state index contributed by atoms with van der Waals surface area (Å²) in [6.45, 7) is -0.164. The second-order valence-electron chi connectivity index (χ2n) is 4.02. The first-order valence-electron chi connectivity index (χ1n) is 5.56. The molecule has 0 radical (unpaired) electrons. The maximum Gasteiger partial charge on any atom is 0.335 e. The van der Waals surface area contributed by atoms with Crippen molar-refractivity contribution in [3.63, 3.8) is 0 Å². The Hall–Kier alpha value is -2.50. The maximum absolute atomic E-state index is 13.2. The number of ether oxygens (including phenoxy) is 1. The van der Waals surface area contributed by atoms with E-state index in [2.05, 4.69) is 0 Å². The Balaban J connectivity index is 2.14. The van der Waals surface area contributed by atoms with Crippen LogP contribution >= 0.6 is 0 Å². The number of hydrogen-bond acceptors (Lipinski definition) is 2. The van der Waals surface area contributed by atoms with Gasteiger partial charge in [-0.15, -0.1) is 0 Å². The zero-order valence-corrected chi connectivity index (χ0v) is 10.1. The van der Waals surface area contributed by atoms with Gasteiger partial charge in [-0.05, 0) is 35.9 Å². The number of halogens is 3. The van der Waals surface area contributed by atoms with Gasteiger partial charge in [0.1, 0.15) is 18.2 Å². The second-order valence-corrected chi connectivity index (χ2v) is 4.02. The third-order valence-corrected chi connectivity index (χ3v) is 2.50. The molecule has 0 saturated carbocycles. The molecule has 0 atom stereocenters. The summed E-state index contributed by atoms with van der Waals surface area (Å²) in [7, 11) is 0. The lowest BCUT2D eigenvalue weighted by Gasteiger charge is -2.07. The van der Waals surface area contributed by atoms with Crippen molar-refractivity contribution >= 4 is 5.97 Å². The topological polar surface area (TPSA) is 46.5 Å². The van der Waals surface area contributed by atoms with Crippen LogP contribution < -0.4 is 4.74 Å². The van der Waals surface area contributed by atoms with Gasteiger partial charge in [0.2, 0.25) is 0 Å². The summed E-state index contributed by atoms with van der Waals surface area (Å²) in [5.74, 6) is -3.98. The van der Waals surface area contributed by atoms with Crippen molar-refractivity contribution in [3.05, 3.63) is 65.0 Å². The van der Waals surface area contributed by atoms with Crippen molar-refractivity contribution in [2.24, 2.45) is 0 Å². The Kier molecular flexibility index (Phi) is 3.93. The molecule has 0 unspecified atom stereocenters. The standard InChI is InChI=1S/C14H9F3O3/c15-10-4-8(3-9(5-10)14(18)19)7-20-11-1-2-12(16)13(17)6-11/h1-6H,7H2,(H,18,19). The minimum atomic E-state index is -1.27. The van der Waals surface area contributed by atoms with Crippen molar-refractivity contribution in [2.45, 2.75) is 6.61 Å². The monoisotopic (exact) mass is 282 g/mol. The molecule has 0 spiro atoms. The zero-order valence-electron chi connectivity index (χ0n) is 10.1. The van der Waals surface area contributed by atoms with Crippen LogP contribution in [0, 0.1) is 17.5 Å². The Labute approximate surface area is 112 Å². The molecule has 0 aliphatic carbocycles. The lowest BCUT2D eigenvalue weighted by Crippen LogP contribution is -2.02. The van der Waals surface area contributed by atoms with Gasteiger partial charge in [-0.1, -0.05) is 0 Å². The van der Waals surface area contributed by atoms with Crippen LogP contribution in [-0.4, -0.2) is 11.1 Å². The van der Waals surface area contributed by atoms with E-state index in [9.17, 15) is 18.0 Å². The predicted molar refractivity (Wildman–Crippen MR) is 64.0 cm³/mol. The minimum absolute atomic E-state index is 0.0602. The SMILES string of the molecule is O=C(O)c1cc(F)cc(COc2ccc(F)c(F)c2)c1. The molecule has 0 heterocycles. The highest BCUT2D eigenvalue weighted by atomic mass is 19.2. The number of carboxylic acids is 1. The molecular formula is C14H9F3O3. The van der Waals surface area contributed by atoms with E-state index in [4.69, 9.17) is 9.84 Å². The molecule has 0 saturated heterocycles. The Morgan fingerprint density at radius 1 is 1.05 bits per heavy atom. The third-order valence-electron chi connectivity index (χ3n) is 2.50. The first kappa shape index (κ1) is 13.9. The average Bonchev–Trinajstić information content (AvgIpc) is 2.39. The molecule has 0 aliphatic heterocycles. The van der Waals surface area contributed by atoms with E-state index < -0.39 is 23.4 Å². The molecule has 0 fully saturated rings. The van der Waals surface area contributed by atoms with Gasteiger partial charge in [0, 0.05) is 6.07 Å². The fourth-order valence-electron chi connectivity index (χ4n) is 1.59. The normalized spacial score (nSPS) is 10.3. The number of benzene rings is 2. The van der Waals surface area contributed by atoms with Gasteiger partial charge in [-0.25, -0.2) is 18.0 Å². The molecule has 0 aliphatic rings. The van der Waals surface area contributed by atoms with Gasteiger partial charge in [-0.3, -0.25) is 0 Å². The van der Waals surface area contributed by atoms with Gasteiger partial charge in [0.15, 0.2) is 11.6 Å². The van der Waals surface area contributed by atoms with Gasteiger partial charge in [-0.2, -0.15) is 0 Å². The van der Waals surface area contributed by atoms with Crippen LogP contribution in [0.1, 0.15) is 15.9 Å². The molecule has 2 aromatic carbocycles. The maximum atomic E-state index is 13.2. The van der Waals surface area contributed by atoms with Crippen LogP contribution in [0.25, 0.3) is 0 Å². The van der Waals surface area contributed by atoms with Gasteiger partial charge in [0.05, 0.1) is 5.56 Å². The highest BCUT2D eigenvalue weighted by Gasteiger charge is 2.08. The molecular weight excluding hydrogens is 273 g/mol. The molecule has 2 rings (SSSR count). The van der Waals surface area contributed by atoms with E-state index in [-0.39, 0.29) is 23.5 Å². The molecule has 3 nitrogen and oxygen atoms in total. The third kappa shape index (κ3) is 3.28. The van der Waals surface area contributed by atoms with E-state index in [0.717, 1.165) is 24.3 Å². The number of aromatic carboxylic acids is 1. The van der Waals surface area contributed by atoms with E-state index in [1.807, 2.05) is 0 Å². The van der Waals surface area contributed by atoms with Gasteiger partial charge >= 0.3 is 5.97 Å². The van der Waals surface area contributed by atoms with E-state index in [1.54, 1.807) is 0 Å². The predicted octanol–water partition coefficient (Wildman–Crippen LogP) is 3.38. The second kappa shape index (κ2) is 5.64. The first-order valence-corrected chi connectivity index (χ1v) is 5.56. The van der Waals surface area contributed by atoms with Crippen molar-refractivity contribution in [1.82, 2.24) is 0 Å². The summed E-state index contributed by atoms with van der Waals surface area (Å²) >= 11 is 0. The van der Waals surface area contributed by atoms with E-state index >= 15 is 0 Å². The number of hydrogen-bond donors (Lipinski definition) is 1. The van der Waals surface area contributed by atoms with E-state index in [1.165, 1.54) is 12.1 Å². The lowest BCUT2D eigenvalue weighted by atomic mass is 10.1. The Bertz CT molecular complexity index is 656. The molecule has 0 aromatic heterocycles. The largest absolute Gasteiger partial charge is 0.489 e. The van der Waals surface area contributed by atoms with Crippen LogP contribution in [0.5, 0.6) is 5.75 Å². The number of carbonyl (C=O) groups is 1. The quantitative estimate of drug-likeness (QED) is 0.935. The van der Waals surface area contributed by atoms with Crippen molar-refractivity contribution < 1.29 is 27.8 Å². The van der Waals surface area contributed by atoms with Crippen LogP contribution in [-0.2, 0) is 6.61 Å². The smallest absolute Gasteiger partial charge is 0.335 e. The van der Waals surface area contributed by atoms with Crippen LogP contribution in [0.15, 0.2) is 36.4 Å². The molecule has 6 heteroatoms. The zero-order chi connectivity index (χ0) is 14.7. The Morgan fingerprint density at radius 2 is 1.80 bits per heavy atom. The molecule has 0 amide bonds. The summed E-state index contributed by atoms with van der Waals surface area (Å²) in [5.41, 5.74) is 0.0565. The van der Waals surface area contributed by atoms with Crippen LogP contribution in [0.4, 0.5) is 13.2 Å². The fourth-order valence-corrected chi connectivity index (χ4v) is 1.59. The summed E-state index contributed by atoms with van der Waals surface area (Å²) < 4.78 is 44.0. The molecule has 0 bridgehead atoms. The number of rotatable bonds is 4. The average molecular weight is 282 g/mol. The summed E-state index contributed by atoms with van der Waals surface area (Å²) in [5, 5.41) is 8.79. The van der Waals surface area contributed by atoms with Gasteiger partial charge in [0.25, 0.3) is 0 Å². The van der Waals surface area contributed by atoms with E-state index in [0.29, 0.717) is 0 Å². The lowest BCUT2D eigenvalue weighted by molar-refractivity contribution is 0.0696. The highest BCUT2D eigenvalue weighted by Crippen LogP contribution is 2.18.